The molecule has 11 heteroatoms. The van der Waals surface area contributed by atoms with E-state index in [0.717, 1.165) is 12.3 Å². The minimum absolute atomic E-state index is 0.00221. The number of benzene rings is 1. The SMILES string of the molecule is CC1CN(S(=O)(=O)C2(C(=O)O)CCc3ccccc32)CCN1c1ccc(C(F)(F)F)cn1. The number of hydrogen-bond donors (Lipinski definition) is 1. The second-order valence-electron chi connectivity index (χ2n) is 8.10. The second-order valence-corrected chi connectivity index (χ2v) is 10.3. The lowest BCUT2D eigenvalue weighted by molar-refractivity contribution is -0.140. The highest BCUT2D eigenvalue weighted by Gasteiger charge is 2.58. The molecule has 1 aromatic carbocycles. The number of alkyl halides is 3. The van der Waals surface area contributed by atoms with Crippen LogP contribution in [0.5, 0.6) is 0 Å². The first-order chi connectivity index (χ1) is 15.0. The third-order valence-corrected chi connectivity index (χ3v) is 8.78. The molecular weight excluding hydrogens is 447 g/mol. The van der Waals surface area contributed by atoms with Crippen LogP contribution in [0.15, 0.2) is 42.6 Å². The van der Waals surface area contributed by atoms with Crippen LogP contribution in [0.2, 0.25) is 0 Å². The zero-order valence-corrected chi connectivity index (χ0v) is 18.0. The molecule has 32 heavy (non-hydrogen) atoms. The maximum absolute atomic E-state index is 13.6. The van der Waals surface area contributed by atoms with Crippen molar-refractivity contribution in [2.24, 2.45) is 0 Å². The Morgan fingerprint density at radius 2 is 1.91 bits per heavy atom. The van der Waals surface area contributed by atoms with Crippen molar-refractivity contribution in [1.29, 1.82) is 0 Å². The van der Waals surface area contributed by atoms with Crippen molar-refractivity contribution in [2.45, 2.75) is 36.7 Å². The predicted molar refractivity (Wildman–Crippen MR) is 111 cm³/mol. The molecule has 4 rings (SSSR count). The number of nitrogens with zero attached hydrogens (tertiary/aromatic N) is 3. The van der Waals surface area contributed by atoms with E-state index in [1.165, 1.54) is 10.4 Å². The summed E-state index contributed by atoms with van der Waals surface area (Å²) in [7, 11) is -4.26. The molecule has 2 unspecified atom stereocenters. The van der Waals surface area contributed by atoms with Crippen molar-refractivity contribution in [3.63, 3.8) is 0 Å². The Labute approximate surface area is 183 Å². The Bertz CT molecular complexity index is 1140. The number of piperazine rings is 1. The fourth-order valence-corrected chi connectivity index (χ4v) is 6.84. The van der Waals surface area contributed by atoms with Gasteiger partial charge in [-0.15, -0.1) is 0 Å². The first-order valence-corrected chi connectivity index (χ1v) is 11.5. The van der Waals surface area contributed by atoms with E-state index in [1.54, 1.807) is 36.1 Å². The minimum Gasteiger partial charge on any atom is -0.480 e. The van der Waals surface area contributed by atoms with Gasteiger partial charge in [0.05, 0.1) is 5.56 Å². The molecule has 1 saturated heterocycles. The lowest BCUT2D eigenvalue weighted by Gasteiger charge is -2.42. The fourth-order valence-electron chi connectivity index (χ4n) is 4.60. The summed E-state index contributed by atoms with van der Waals surface area (Å²) in [5.41, 5.74) is 0.143. The van der Waals surface area contributed by atoms with Crippen molar-refractivity contribution < 1.29 is 31.5 Å². The quantitative estimate of drug-likeness (QED) is 0.741. The number of carbonyl (C=O) groups is 1. The molecule has 0 saturated carbocycles. The third kappa shape index (κ3) is 3.43. The number of pyridine rings is 1. The first-order valence-electron chi connectivity index (χ1n) is 10.1. The number of anilines is 1. The van der Waals surface area contributed by atoms with Crippen molar-refractivity contribution in [3.8, 4) is 0 Å². The topological polar surface area (TPSA) is 90.8 Å². The Morgan fingerprint density at radius 3 is 2.50 bits per heavy atom. The molecule has 2 atom stereocenters. The Morgan fingerprint density at radius 1 is 1.19 bits per heavy atom. The van der Waals surface area contributed by atoms with Gasteiger partial charge < -0.3 is 10.0 Å². The molecule has 2 heterocycles. The van der Waals surface area contributed by atoms with Gasteiger partial charge >= 0.3 is 12.1 Å². The molecule has 0 spiro atoms. The van der Waals surface area contributed by atoms with Crippen molar-refractivity contribution in [1.82, 2.24) is 9.29 Å². The average molecular weight is 469 g/mol. The lowest BCUT2D eigenvalue weighted by Crippen LogP contribution is -2.59. The van der Waals surface area contributed by atoms with Crippen LogP contribution in [0.3, 0.4) is 0 Å². The number of carboxylic acids is 1. The van der Waals surface area contributed by atoms with E-state index in [1.807, 2.05) is 0 Å². The molecule has 1 fully saturated rings. The van der Waals surface area contributed by atoms with Crippen LogP contribution in [0.4, 0.5) is 19.0 Å². The molecule has 1 N–H and O–H groups in total. The summed E-state index contributed by atoms with van der Waals surface area (Å²) < 4.78 is 64.8. The molecule has 0 radical (unpaired) electrons. The number of hydrogen-bond acceptors (Lipinski definition) is 5. The van der Waals surface area contributed by atoms with E-state index in [2.05, 4.69) is 4.98 Å². The zero-order valence-electron chi connectivity index (χ0n) is 17.2. The average Bonchev–Trinajstić information content (AvgIpc) is 3.14. The molecular formula is C21H22F3N3O4S. The number of rotatable bonds is 4. The maximum atomic E-state index is 13.6. The maximum Gasteiger partial charge on any atom is 0.417 e. The largest absolute Gasteiger partial charge is 0.480 e. The molecule has 2 aliphatic rings. The van der Waals surface area contributed by atoms with E-state index in [4.69, 9.17) is 0 Å². The van der Waals surface area contributed by atoms with Crippen LogP contribution in [0.25, 0.3) is 0 Å². The van der Waals surface area contributed by atoms with Crippen LogP contribution < -0.4 is 4.90 Å². The third-order valence-electron chi connectivity index (χ3n) is 6.28. The van der Waals surface area contributed by atoms with Gasteiger partial charge in [0.25, 0.3) is 0 Å². The zero-order chi connectivity index (χ0) is 23.3. The molecule has 2 aromatic rings. The number of aliphatic carboxylic acids is 1. The normalized spacial score (nSPS) is 24.4. The smallest absolute Gasteiger partial charge is 0.417 e. The predicted octanol–water partition coefficient (Wildman–Crippen LogP) is 2.87. The summed E-state index contributed by atoms with van der Waals surface area (Å²) in [6.45, 7) is 1.92. The van der Waals surface area contributed by atoms with Gasteiger partial charge in [0.2, 0.25) is 14.8 Å². The monoisotopic (exact) mass is 469 g/mol. The Hall–Kier alpha value is -2.66. The first kappa shape index (κ1) is 22.5. The number of sulfonamides is 1. The lowest BCUT2D eigenvalue weighted by atomic mass is 10.0. The van der Waals surface area contributed by atoms with Gasteiger partial charge in [-0.3, -0.25) is 4.79 Å². The van der Waals surface area contributed by atoms with Gasteiger partial charge in [0, 0.05) is 31.9 Å². The van der Waals surface area contributed by atoms with E-state index < -0.39 is 38.5 Å². The molecule has 1 aromatic heterocycles. The van der Waals surface area contributed by atoms with Crippen LogP contribution in [0, 0.1) is 0 Å². The molecule has 1 aliphatic heterocycles. The summed E-state index contributed by atoms with van der Waals surface area (Å²) in [5.74, 6) is -1.09. The Kier molecular flexibility index (Phi) is 5.44. The van der Waals surface area contributed by atoms with Gasteiger partial charge in [-0.2, -0.15) is 17.5 Å². The summed E-state index contributed by atoms with van der Waals surface area (Å²) in [6.07, 6.45) is -3.43. The van der Waals surface area contributed by atoms with E-state index in [-0.39, 0.29) is 26.1 Å². The number of fused-ring (bicyclic) bond motifs is 1. The van der Waals surface area contributed by atoms with Gasteiger partial charge in [-0.25, -0.2) is 13.4 Å². The van der Waals surface area contributed by atoms with Gasteiger partial charge in [0.1, 0.15) is 5.82 Å². The molecule has 0 amide bonds. The van der Waals surface area contributed by atoms with Crippen LogP contribution in [0.1, 0.15) is 30.0 Å². The summed E-state index contributed by atoms with van der Waals surface area (Å²) in [4.78, 5) is 18.0. The highest BCUT2D eigenvalue weighted by Crippen LogP contribution is 2.45. The number of aryl methyl sites for hydroxylation is 1. The van der Waals surface area contributed by atoms with Crippen LogP contribution >= 0.6 is 0 Å². The fraction of sp³-hybridized carbons (Fsp3) is 0.429. The van der Waals surface area contributed by atoms with Crippen LogP contribution in [-0.2, 0) is 32.2 Å². The highest BCUT2D eigenvalue weighted by atomic mass is 32.2. The van der Waals surface area contributed by atoms with Gasteiger partial charge in [-0.05, 0) is 43.0 Å². The number of aromatic nitrogens is 1. The van der Waals surface area contributed by atoms with E-state index >= 15 is 0 Å². The molecule has 172 valence electrons. The molecule has 1 aliphatic carbocycles. The number of halogens is 3. The summed E-state index contributed by atoms with van der Waals surface area (Å²) >= 11 is 0. The van der Waals surface area contributed by atoms with Crippen molar-refractivity contribution >= 4 is 21.8 Å². The van der Waals surface area contributed by atoms with E-state index in [9.17, 15) is 31.5 Å². The van der Waals surface area contributed by atoms with Crippen molar-refractivity contribution in [2.75, 3.05) is 24.5 Å². The number of carboxylic acid groups (broad SMARTS) is 1. The Balaban J connectivity index is 1.60. The van der Waals surface area contributed by atoms with Crippen molar-refractivity contribution in [3.05, 3.63) is 59.3 Å². The second kappa shape index (κ2) is 7.73. The van der Waals surface area contributed by atoms with Gasteiger partial charge in [-0.1, -0.05) is 24.3 Å². The standard InChI is InChI=1S/C21H22F3N3O4S/c1-14-13-26(10-11-27(14)18-7-6-16(12-25-18)21(22,23)24)32(30,31)20(19(28)29)9-8-15-4-2-3-5-17(15)20/h2-7,12,14H,8-11,13H2,1H3,(H,28,29). The highest BCUT2D eigenvalue weighted by molar-refractivity contribution is 7.90. The van der Waals surface area contributed by atoms with E-state index in [0.29, 0.717) is 23.4 Å². The minimum atomic E-state index is -4.49. The summed E-state index contributed by atoms with van der Waals surface area (Å²) in [6, 6.07) is 8.47. The van der Waals surface area contributed by atoms with Crippen LogP contribution in [-0.4, -0.2) is 54.5 Å². The summed E-state index contributed by atoms with van der Waals surface area (Å²) in [5, 5.41) is 10.0. The van der Waals surface area contributed by atoms with Gasteiger partial charge in [0.15, 0.2) is 0 Å². The molecule has 0 bridgehead atoms. The molecule has 7 nitrogen and oxygen atoms in total.